The summed E-state index contributed by atoms with van der Waals surface area (Å²) >= 11 is 0. The Kier molecular flexibility index (Phi) is 5.76. The minimum Gasteiger partial charge on any atom is -0.350 e. The monoisotopic (exact) mass is 359 g/mol. The van der Waals surface area contributed by atoms with Crippen molar-refractivity contribution in [3.63, 3.8) is 0 Å². The summed E-state index contributed by atoms with van der Waals surface area (Å²) in [6.07, 6.45) is 5.09. The summed E-state index contributed by atoms with van der Waals surface area (Å²) in [5.41, 5.74) is 2.62. The zero-order valence-electron chi connectivity index (χ0n) is 16.2. The van der Waals surface area contributed by atoms with Crippen LogP contribution < -0.4 is 0 Å². The second-order valence-electron chi connectivity index (χ2n) is 7.36. The van der Waals surface area contributed by atoms with Crippen molar-refractivity contribution in [1.29, 1.82) is 0 Å². The molecule has 0 bridgehead atoms. The van der Waals surface area contributed by atoms with Crippen molar-refractivity contribution < 1.29 is 9.32 Å². The molecule has 0 radical (unpaired) electrons. The van der Waals surface area contributed by atoms with E-state index >= 15 is 0 Å². The van der Waals surface area contributed by atoms with Crippen LogP contribution in [-0.2, 0) is 6.54 Å². The predicted octanol–water partition coefficient (Wildman–Crippen LogP) is 2.67. The van der Waals surface area contributed by atoms with E-state index < -0.39 is 0 Å². The SMILES string of the molecule is CCn1ncc(-c2cc(C(=O)N3CCC(CCN(C)C)CC3)on2)c1C. The summed E-state index contributed by atoms with van der Waals surface area (Å²) in [5, 5.41) is 8.42. The number of piperidine rings is 1. The lowest BCUT2D eigenvalue weighted by Gasteiger charge is -2.31. The van der Waals surface area contributed by atoms with Crippen molar-refractivity contribution in [1.82, 2.24) is 24.7 Å². The van der Waals surface area contributed by atoms with Gasteiger partial charge >= 0.3 is 0 Å². The molecule has 1 aliphatic heterocycles. The summed E-state index contributed by atoms with van der Waals surface area (Å²) in [6, 6.07) is 1.74. The van der Waals surface area contributed by atoms with E-state index in [4.69, 9.17) is 4.52 Å². The van der Waals surface area contributed by atoms with Crippen LogP contribution in [0.5, 0.6) is 0 Å². The van der Waals surface area contributed by atoms with Gasteiger partial charge in [0.05, 0.1) is 6.20 Å². The molecular weight excluding hydrogens is 330 g/mol. The average molecular weight is 359 g/mol. The highest BCUT2D eigenvalue weighted by molar-refractivity contribution is 5.92. The highest BCUT2D eigenvalue weighted by atomic mass is 16.5. The molecule has 0 atom stereocenters. The first-order valence-electron chi connectivity index (χ1n) is 9.43. The van der Waals surface area contributed by atoms with Gasteiger partial charge in [0.2, 0.25) is 5.76 Å². The van der Waals surface area contributed by atoms with Gasteiger partial charge in [-0.05, 0) is 59.7 Å². The summed E-state index contributed by atoms with van der Waals surface area (Å²) in [6.45, 7) is 7.54. The Labute approximate surface area is 154 Å². The number of carbonyl (C=O) groups is 1. The fourth-order valence-electron chi connectivity index (χ4n) is 3.54. The largest absolute Gasteiger partial charge is 0.350 e. The minimum absolute atomic E-state index is 0.0599. The van der Waals surface area contributed by atoms with Crippen LogP contribution >= 0.6 is 0 Å². The van der Waals surface area contributed by atoms with Crippen LogP contribution in [0.15, 0.2) is 16.8 Å². The molecule has 1 fully saturated rings. The average Bonchev–Trinajstić information content (AvgIpc) is 3.26. The second kappa shape index (κ2) is 8.03. The topological polar surface area (TPSA) is 67.4 Å². The van der Waals surface area contributed by atoms with E-state index in [0.717, 1.165) is 50.3 Å². The van der Waals surface area contributed by atoms with Crippen LogP contribution in [0.3, 0.4) is 0 Å². The summed E-state index contributed by atoms with van der Waals surface area (Å²) < 4.78 is 7.26. The molecule has 2 aromatic rings. The Morgan fingerprint density at radius 3 is 2.69 bits per heavy atom. The van der Waals surface area contributed by atoms with Gasteiger partial charge in [0.25, 0.3) is 5.91 Å². The fourth-order valence-corrected chi connectivity index (χ4v) is 3.54. The molecule has 1 saturated heterocycles. The van der Waals surface area contributed by atoms with E-state index in [1.165, 1.54) is 6.42 Å². The molecule has 3 heterocycles. The number of likely N-dealkylation sites (tertiary alicyclic amines) is 1. The zero-order chi connectivity index (χ0) is 18.7. The van der Waals surface area contributed by atoms with Crippen LogP contribution in [0.25, 0.3) is 11.3 Å². The third-order valence-electron chi connectivity index (χ3n) is 5.29. The van der Waals surface area contributed by atoms with E-state index in [1.807, 2.05) is 23.4 Å². The fraction of sp³-hybridized carbons (Fsp3) is 0.632. The predicted molar refractivity (Wildman–Crippen MR) is 99.9 cm³/mol. The summed E-state index contributed by atoms with van der Waals surface area (Å²) in [5.74, 6) is 0.958. The van der Waals surface area contributed by atoms with Gasteiger partial charge in [-0.15, -0.1) is 0 Å². The van der Waals surface area contributed by atoms with E-state index in [9.17, 15) is 4.79 Å². The number of rotatable bonds is 6. The number of hydrogen-bond acceptors (Lipinski definition) is 5. The smallest absolute Gasteiger partial charge is 0.292 e. The standard InChI is InChI=1S/C19H29N5O2/c1-5-24-14(2)16(13-20-24)17-12-18(26-21-17)19(25)23-10-7-15(8-11-23)6-9-22(3)4/h12-13,15H,5-11H2,1-4H3. The number of nitrogens with zero attached hydrogens (tertiary/aromatic N) is 5. The van der Waals surface area contributed by atoms with Crippen LogP contribution in [0.4, 0.5) is 0 Å². The van der Waals surface area contributed by atoms with Crippen molar-refractivity contribution >= 4 is 5.91 Å². The van der Waals surface area contributed by atoms with Crippen LogP contribution in [0.1, 0.15) is 42.4 Å². The van der Waals surface area contributed by atoms with Crippen molar-refractivity contribution in [3.8, 4) is 11.3 Å². The van der Waals surface area contributed by atoms with E-state index in [1.54, 1.807) is 12.3 Å². The van der Waals surface area contributed by atoms with Crippen LogP contribution in [0.2, 0.25) is 0 Å². The van der Waals surface area contributed by atoms with Crippen LogP contribution in [0, 0.1) is 12.8 Å². The lowest BCUT2D eigenvalue weighted by molar-refractivity contribution is 0.0642. The Morgan fingerprint density at radius 2 is 2.08 bits per heavy atom. The van der Waals surface area contributed by atoms with Crippen molar-refractivity contribution in [2.45, 2.75) is 39.7 Å². The third-order valence-corrected chi connectivity index (χ3v) is 5.29. The molecule has 0 aromatic carbocycles. The Balaban J connectivity index is 1.61. The second-order valence-corrected chi connectivity index (χ2v) is 7.36. The van der Waals surface area contributed by atoms with Gasteiger partial charge in [-0.1, -0.05) is 5.16 Å². The minimum atomic E-state index is -0.0599. The van der Waals surface area contributed by atoms with Crippen molar-refractivity contribution in [2.24, 2.45) is 5.92 Å². The number of aromatic nitrogens is 3. The highest BCUT2D eigenvalue weighted by Crippen LogP contribution is 2.25. The first-order chi connectivity index (χ1) is 12.5. The molecule has 142 valence electrons. The maximum Gasteiger partial charge on any atom is 0.292 e. The number of carbonyl (C=O) groups excluding carboxylic acids is 1. The van der Waals surface area contributed by atoms with Crippen molar-refractivity contribution in [3.05, 3.63) is 23.7 Å². The van der Waals surface area contributed by atoms with Gasteiger partial charge in [-0.2, -0.15) is 5.10 Å². The van der Waals surface area contributed by atoms with Crippen LogP contribution in [-0.4, -0.2) is 64.4 Å². The molecule has 2 aromatic heterocycles. The van der Waals surface area contributed by atoms with Gasteiger partial charge in [-0.25, -0.2) is 0 Å². The van der Waals surface area contributed by atoms with Gasteiger partial charge in [-0.3, -0.25) is 9.48 Å². The maximum absolute atomic E-state index is 12.7. The molecule has 0 aliphatic carbocycles. The van der Waals surface area contributed by atoms with Gasteiger partial charge < -0.3 is 14.3 Å². The van der Waals surface area contributed by atoms with Gasteiger partial charge in [0, 0.05) is 37.0 Å². The van der Waals surface area contributed by atoms with Crippen molar-refractivity contribution in [2.75, 3.05) is 33.7 Å². The number of hydrogen-bond donors (Lipinski definition) is 0. The van der Waals surface area contributed by atoms with E-state index in [-0.39, 0.29) is 5.91 Å². The Hall–Kier alpha value is -2.15. The molecule has 1 amide bonds. The molecule has 1 aliphatic rings. The summed E-state index contributed by atoms with van der Waals surface area (Å²) in [4.78, 5) is 16.8. The zero-order valence-corrected chi connectivity index (χ0v) is 16.2. The molecule has 0 saturated carbocycles. The Morgan fingerprint density at radius 1 is 1.35 bits per heavy atom. The molecular formula is C19H29N5O2. The normalized spacial score (nSPS) is 15.8. The van der Waals surface area contributed by atoms with E-state index in [2.05, 4.69) is 29.3 Å². The Bertz CT molecular complexity index is 741. The first kappa shape index (κ1) is 18.6. The first-order valence-corrected chi connectivity index (χ1v) is 9.43. The highest BCUT2D eigenvalue weighted by Gasteiger charge is 2.26. The van der Waals surface area contributed by atoms with Gasteiger partial charge in [0.1, 0.15) is 5.69 Å². The number of aryl methyl sites for hydroxylation is 1. The molecule has 0 spiro atoms. The molecule has 7 nitrogen and oxygen atoms in total. The van der Waals surface area contributed by atoms with Gasteiger partial charge in [0.15, 0.2) is 0 Å². The molecule has 0 N–H and O–H groups in total. The lowest BCUT2D eigenvalue weighted by Crippen LogP contribution is -2.38. The quantitative estimate of drug-likeness (QED) is 0.793. The molecule has 3 rings (SSSR count). The summed E-state index contributed by atoms with van der Waals surface area (Å²) in [7, 11) is 4.21. The van der Waals surface area contributed by atoms with E-state index in [0.29, 0.717) is 17.4 Å². The molecule has 7 heteroatoms. The lowest BCUT2D eigenvalue weighted by atomic mass is 9.93. The maximum atomic E-state index is 12.7. The number of amides is 1. The molecule has 26 heavy (non-hydrogen) atoms. The third kappa shape index (κ3) is 3.98. The molecule has 0 unspecified atom stereocenters.